The number of amides is 1. The zero-order valence-electron chi connectivity index (χ0n) is 10.2. The molecule has 100 valence electrons. The largest absolute Gasteiger partial charge is 0.321 e. The highest BCUT2D eigenvalue weighted by molar-refractivity contribution is 7.20. The van der Waals surface area contributed by atoms with Gasteiger partial charge in [-0.25, -0.2) is 4.98 Å². The van der Waals surface area contributed by atoms with Crippen LogP contribution in [0.25, 0.3) is 9.88 Å². The van der Waals surface area contributed by atoms with Crippen molar-refractivity contribution in [2.75, 3.05) is 5.32 Å². The summed E-state index contributed by atoms with van der Waals surface area (Å²) in [5.74, 6) is -0.230. The molecule has 6 heteroatoms. The number of carbonyl (C=O) groups excluding carboxylic acids is 1. The zero-order chi connectivity index (χ0) is 13.9. The van der Waals surface area contributed by atoms with E-state index >= 15 is 0 Å². The Morgan fingerprint density at radius 1 is 1.20 bits per heavy atom. The lowest BCUT2D eigenvalue weighted by molar-refractivity contribution is 0.102. The highest BCUT2D eigenvalue weighted by Gasteiger charge is 2.12. The second-order valence-corrected chi connectivity index (χ2v) is 6.22. The molecule has 0 atom stereocenters. The van der Waals surface area contributed by atoms with E-state index in [0.29, 0.717) is 16.4 Å². The third kappa shape index (κ3) is 2.90. The average Bonchev–Trinajstić information content (AvgIpc) is 3.10. The molecule has 1 aromatic carbocycles. The molecule has 3 rings (SSSR count). The molecule has 0 bridgehead atoms. The number of aromatic nitrogens is 1. The maximum atomic E-state index is 12.1. The number of rotatable bonds is 3. The van der Waals surface area contributed by atoms with Gasteiger partial charge in [0.2, 0.25) is 0 Å². The molecule has 0 unspecified atom stereocenters. The molecule has 1 N–H and O–H groups in total. The minimum atomic E-state index is -0.230. The topological polar surface area (TPSA) is 42.0 Å². The normalized spacial score (nSPS) is 10.4. The number of nitrogens with one attached hydrogen (secondary N) is 1. The standard InChI is InChI=1S/C14H9ClN2OS2/c15-9-3-1-4-10(7-9)16-13(18)11-8-20-14(17-11)12-5-2-6-19-12/h1-8H,(H,16,18). The fourth-order valence-corrected chi connectivity index (χ4v) is 3.46. The quantitative estimate of drug-likeness (QED) is 0.754. The SMILES string of the molecule is O=C(Nc1cccc(Cl)c1)c1csc(-c2cccs2)n1. The highest BCUT2D eigenvalue weighted by Crippen LogP contribution is 2.28. The molecule has 3 aromatic rings. The van der Waals surface area contributed by atoms with Gasteiger partial charge in [-0.05, 0) is 29.6 Å². The predicted octanol–water partition coefficient (Wildman–Crippen LogP) is 4.78. The van der Waals surface area contributed by atoms with Crippen molar-refractivity contribution in [2.24, 2.45) is 0 Å². The Hall–Kier alpha value is -1.69. The van der Waals surface area contributed by atoms with E-state index in [1.165, 1.54) is 11.3 Å². The first-order chi connectivity index (χ1) is 9.72. The van der Waals surface area contributed by atoms with Crippen LogP contribution >= 0.6 is 34.3 Å². The first kappa shape index (κ1) is 13.3. The monoisotopic (exact) mass is 320 g/mol. The highest BCUT2D eigenvalue weighted by atomic mass is 35.5. The van der Waals surface area contributed by atoms with Gasteiger partial charge in [-0.15, -0.1) is 22.7 Å². The number of nitrogens with zero attached hydrogens (tertiary/aromatic N) is 1. The molecule has 20 heavy (non-hydrogen) atoms. The van der Waals surface area contributed by atoms with Crippen LogP contribution in [0.5, 0.6) is 0 Å². The number of carbonyl (C=O) groups is 1. The zero-order valence-corrected chi connectivity index (χ0v) is 12.6. The van der Waals surface area contributed by atoms with Crippen LogP contribution < -0.4 is 5.32 Å². The van der Waals surface area contributed by atoms with Gasteiger partial charge in [0.05, 0.1) is 4.88 Å². The van der Waals surface area contributed by atoms with E-state index in [9.17, 15) is 4.79 Å². The van der Waals surface area contributed by atoms with Crippen LogP contribution in [0.3, 0.4) is 0 Å². The molecule has 1 amide bonds. The van der Waals surface area contributed by atoms with Crippen molar-refractivity contribution in [2.45, 2.75) is 0 Å². The molecule has 0 fully saturated rings. The Balaban J connectivity index is 1.78. The van der Waals surface area contributed by atoms with Gasteiger partial charge in [0.25, 0.3) is 5.91 Å². The molecular weight excluding hydrogens is 312 g/mol. The Morgan fingerprint density at radius 3 is 2.85 bits per heavy atom. The molecule has 0 aliphatic carbocycles. The summed E-state index contributed by atoms with van der Waals surface area (Å²) < 4.78 is 0. The summed E-state index contributed by atoms with van der Waals surface area (Å²) >= 11 is 8.95. The number of benzene rings is 1. The summed E-state index contributed by atoms with van der Waals surface area (Å²) in [6.07, 6.45) is 0. The van der Waals surface area contributed by atoms with Crippen LogP contribution in [0.1, 0.15) is 10.5 Å². The Kier molecular flexibility index (Phi) is 3.82. The van der Waals surface area contributed by atoms with Gasteiger partial charge in [-0.1, -0.05) is 23.7 Å². The van der Waals surface area contributed by atoms with Crippen LogP contribution in [0.2, 0.25) is 5.02 Å². The minimum Gasteiger partial charge on any atom is -0.321 e. The van der Waals surface area contributed by atoms with Crippen molar-refractivity contribution in [1.82, 2.24) is 4.98 Å². The van der Waals surface area contributed by atoms with Gasteiger partial charge in [0.1, 0.15) is 10.7 Å². The number of thiazole rings is 1. The molecule has 0 saturated heterocycles. The lowest BCUT2D eigenvalue weighted by Crippen LogP contribution is -2.12. The number of hydrogen-bond acceptors (Lipinski definition) is 4. The van der Waals surface area contributed by atoms with E-state index in [-0.39, 0.29) is 5.91 Å². The number of hydrogen-bond donors (Lipinski definition) is 1. The van der Waals surface area contributed by atoms with Gasteiger partial charge >= 0.3 is 0 Å². The van der Waals surface area contributed by atoms with Crippen molar-refractivity contribution in [1.29, 1.82) is 0 Å². The van der Waals surface area contributed by atoms with Gasteiger partial charge in [-0.3, -0.25) is 4.79 Å². The summed E-state index contributed by atoms with van der Waals surface area (Å²) in [7, 11) is 0. The summed E-state index contributed by atoms with van der Waals surface area (Å²) in [5.41, 5.74) is 1.08. The number of thiophene rings is 1. The molecule has 2 aromatic heterocycles. The Labute approximate surface area is 128 Å². The molecule has 0 aliphatic rings. The average molecular weight is 321 g/mol. The second kappa shape index (κ2) is 5.75. The van der Waals surface area contributed by atoms with E-state index in [4.69, 9.17) is 11.6 Å². The molecule has 3 nitrogen and oxygen atoms in total. The Bertz CT molecular complexity index is 737. The molecule has 2 heterocycles. The lowest BCUT2D eigenvalue weighted by Gasteiger charge is -2.02. The van der Waals surface area contributed by atoms with Crippen molar-refractivity contribution in [3.05, 3.63) is 57.9 Å². The smallest absolute Gasteiger partial charge is 0.275 e. The molecular formula is C14H9ClN2OS2. The summed E-state index contributed by atoms with van der Waals surface area (Å²) in [6.45, 7) is 0. The molecule has 0 saturated carbocycles. The van der Waals surface area contributed by atoms with E-state index in [1.54, 1.807) is 41.0 Å². The lowest BCUT2D eigenvalue weighted by atomic mass is 10.3. The fraction of sp³-hybridized carbons (Fsp3) is 0. The molecule has 0 radical (unpaired) electrons. The van der Waals surface area contributed by atoms with Crippen LogP contribution in [0.15, 0.2) is 47.2 Å². The number of halogens is 1. The van der Waals surface area contributed by atoms with E-state index < -0.39 is 0 Å². The van der Waals surface area contributed by atoms with Crippen LogP contribution in [0, 0.1) is 0 Å². The van der Waals surface area contributed by atoms with Crippen LogP contribution in [0.4, 0.5) is 5.69 Å². The predicted molar refractivity (Wildman–Crippen MR) is 84.8 cm³/mol. The maximum absolute atomic E-state index is 12.1. The van der Waals surface area contributed by atoms with E-state index in [2.05, 4.69) is 10.3 Å². The van der Waals surface area contributed by atoms with Crippen LogP contribution in [-0.2, 0) is 0 Å². The first-order valence-corrected chi connectivity index (χ1v) is 7.92. The third-order valence-electron chi connectivity index (χ3n) is 2.55. The molecule has 0 aliphatic heterocycles. The summed E-state index contributed by atoms with van der Waals surface area (Å²) in [6, 6.07) is 11.0. The van der Waals surface area contributed by atoms with Crippen molar-refractivity contribution >= 4 is 45.9 Å². The minimum absolute atomic E-state index is 0.230. The van der Waals surface area contributed by atoms with E-state index in [1.807, 2.05) is 17.5 Å². The van der Waals surface area contributed by atoms with Crippen molar-refractivity contribution in [3.63, 3.8) is 0 Å². The number of anilines is 1. The third-order valence-corrected chi connectivity index (χ3v) is 4.67. The van der Waals surface area contributed by atoms with Gasteiger partial charge in [0, 0.05) is 16.1 Å². The van der Waals surface area contributed by atoms with Gasteiger partial charge < -0.3 is 5.32 Å². The van der Waals surface area contributed by atoms with Crippen molar-refractivity contribution < 1.29 is 4.79 Å². The van der Waals surface area contributed by atoms with Gasteiger partial charge in [0.15, 0.2) is 0 Å². The molecule has 0 spiro atoms. The summed E-state index contributed by atoms with van der Waals surface area (Å²) in [5, 5.41) is 7.97. The van der Waals surface area contributed by atoms with E-state index in [0.717, 1.165) is 9.88 Å². The summed E-state index contributed by atoms with van der Waals surface area (Å²) in [4.78, 5) is 17.5. The fourth-order valence-electron chi connectivity index (χ4n) is 1.65. The second-order valence-electron chi connectivity index (χ2n) is 3.98. The van der Waals surface area contributed by atoms with Crippen molar-refractivity contribution in [3.8, 4) is 9.88 Å². The van der Waals surface area contributed by atoms with Gasteiger partial charge in [-0.2, -0.15) is 0 Å². The Morgan fingerprint density at radius 2 is 2.10 bits per heavy atom. The van der Waals surface area contributed by atoms with Crippen LogP contribution in [-0.4, -0.2) is 10.9 Å². The maximum Gasteiger partial charge on any atom is 0.275 e. The first-order valence-electron chi connectivity index (χ1n) is 5.79.